The van der Waals surface area contributed by atoms with Crippen LogP contribution in [0.25, 0.3) is 0 Å². The zero-order valence-corrected chi connectivity index (χ0v) is 10.7. The van der Waals surface area contributed by atoms with Gasteiger partial charge in [-0.05, 0) is 12.1 Å². The van der Waals surface area contributed by atoms with Crippen molar-refractivity contribution in [1.82, 2.24) is 4.90 Å². The van der Waals surface area contributed by atoms with Gasteiger partial charge in [0.25, 0.3) is 0 Å². The van der Waals surface area contributed by atoms with Crippen LogP contribution >= 0.6 is 0 Å². The molecule has 1 N–H and O–H groups in total. The molecule has 0 atom stereocenters. The summed E-state index contributed by atoms with van der Waals surface area (Å²) >= 11 is 0. The van der Waals surface area contributed by atoms with Crippen molar-refractivity contribution >= 4 is 11.6 Å². The molecule has 0 bridgehead atoms. The van der Waals surface area contributed by atoms with Crippen LogP contribution in [-0.2, 0) is 4.79 Å². The number of rotatable bonds is 7. The number of benzene rings is 1. The molecule has 1 aromatic rings. The Morgan fingerprint density at radius 3 is 2.21 bits per heavy atom. The minimum atomic E-state index is -0.137. The number of para-hydroxylation sites is 1. The number of amides is 1. The molecular weight excluding hydrogens is 240 g/mol. The first-order valence-electron chi connectivity index (χ1n) is 6.07. The van der Waals surface area contributed by atoms with E-state index in [1.54, 1.807) is 0 Å². The van der Waals surface area contributed by atoms with E-state index in [1.165, 1.54) is 0 Å². The Kier molecular flexibility index (Phi) is 6.71. The Hall–Kier alpha value is -2.37. The lowest BCUT2D eigenvalue weighted by atomic mass is 10.3. The maximum absolute atomic E-state index is 11.8. The number of carbonyl (C=O) groups is 1. The van der Waals surface area contributed by atoms with Crippen LogP contribution in [0.5, 0.6) is 0 Å². The highest BCUT2D eigenvalue weighted by Gasteiger charge is 2.10. The Labute approximate surface area is 113 Å². The summed E-state index contributed by atoms with van der Waals surface area (Å²) in [6.45, 7) is 1.19. The first kappa shape index (κ1) is 14.7. The quantitative estimate of drug-likeness (QED) is 0.806. The van der Waals surface area contributed by atoms with Gasteiger partial charge in [0.05, 0.1) is 18.7 Å². The summed E-state index contributed by atoms with van der Waals surface area (Å²) in [7, 11) is 0. The molecule has 0 aliphatic heterocycles. The number of hydrogen-bond donors (Lipinski definition) is 1. The van der Waals surface area contributed by atoms with Gasteiger partial charge in [0.15, 0.2) is 0 Å². The fourth-order valence-electron chi connectivity index (χ4n) is 1.61. The van der Waals surface area contributed by atoms with Gasteiger partial charge in [-0.25, -0.2) is 0 Å². The van der Waals surface area contributed by atoms with Gasteiger partial charge in [0.2, 0.25) is 5.91 Å². The fourth-order valence-corrected chi connectivity index (χ4v) is 1.61. The van der Waals surface area contributed by atoms with E-state index in [2.05, 4.69) is 5.32 Å². The lowest BCUT2D eigenvalue weighted by Crippen LogP contribution is -2.34. The van der Waals surface area contributed by atoms with Crippen LogP contribution in [0.3, 0.4) is 0 Å². The summed E-state index contributed by atoms with van der Waals surface area (Å²) in [6.07, 6.45) is 0.702. The van der Waals surface area contributed by atoms with Crippen molar-refractivity contribution in [2.24, 2.45) is 0 Å². The van der Waals surface area contributed by atoms with Crippen LogP contribution in [0.15, 0.2) is 30.3 Å². The lowest BCUT2D eigenvalue weighted by molar-refractivity contribution is -0.117. The molecule has 0 fully saturated rings. The van der Waals surface area contributed by atoms with Gasteiger partial charge in [-0.3, -0.25) is 9.69 Å². The van der Waals surface area contributed by atoms with Gasteiger partial charge in [0.1, 0.15) is 0 Å². The smallest absolute Gasteiger partial charge is 0.238 e. The minimum Gasteiger partial charge on any atom is -0.325 e. The van der Waals surface area contributed by atoms with Gasteiger partial charge in [-0.15, -0.1) is 0 Å². The van der Waals surface area contributed by atoms with Gasteiger partial charge >= 0.3 is 0 Å². The van der Waals surface area contributed by atoms with E-state index in [4.69, 9.17) is 10.5 Å². The molecule has 0 aromatic heterocycles. The van der Waals surface area contributed by atoms with Crippen LogP contribution in [0.2, 0.25) is 0 Å². The number of nitriles is 2. The molecule has 0 spiro atoms. The van der Waals surface area contributed by atoms with Gasteiger partial charge in [-0.1, -0.05) is 18.2 Å². The van der Waals surface area contributed by atoms with Gasteiger partial charge < -0.3 is 5.32 Å². The number of nitrogens with zero attached hydrogens (tertiary/aromatic N) is 3. The molecule has 1 amide bonds. The average Bonchev–Trinajstić information content (AvgIpc) is 2.43. The van der Waals surface area contributed by atoms with Gasteiger partial charge in [-0.2, -0.15) is 10.5 Å². The van der Waals surface area contributed by atoms with Crippen LogP contribution in [0.4, 0.5) is 5.69 Å². The Morgan fingerprint density at radius 1 is 1.11 bits per heavy atom. The van der Waals surface area contributed by atoms with Crippen molar-refractivity contribution in [3.05, 3.63) is 30.3 Å². The second kappa shape index (κ2) is 8.68. The summed E-state index contributed by atoms with van der Waals surface area (Å²) in [5.41, 5.74) is 0.744. The summed E-state index contributed by atoms with van der Waals surface area (Å²) in [6, 6.07) is 13.3. The van der Waals surface area contributed by atoms with Crippen LogP contribution in [0, 0.1) is 22.7 Å². The molecule has 19 heavy (non-hydrogen) atoms. The molecule has 0 aliphatic rings. The maximum Gasteiger partial charge on any atom is 0.238 e. The number of nitrogens with one attached hydrogen (secondary N) is 1. The largest absolute Gasteiger partial charge is 0.325 e. The predicted molar refractivity (Wildman–Crippen MR) is 72.0 cm³/mol. The SMILES string of the molecule is N#CCCN(CCC#N)CC(=O)Nc1ccccc1. The van der Waals surface area contributed by atoms with E-state index >= 15 is 0 Å². The van der Waals surface area contributed by atoms with Crippen molar-refractivity contribution in [1.29, 1.82) is 10.5 Å². The van der Waals surface area contributed by atoms with E-state index in [1.807, 2.05) is 47.4 Å². The van der Waals surface area contributed by atoms with Crippen LogP contribution < -0.4 is 5.32 Å². The zero-order valence-electron chi connectivity index (χ0n) is 10.7. The first-order chi connectivity index (χ1) is 9.26. The van der Waals surface area contributed by atoms with Crippen molar-refractivity contribution in [3.63, 3.8) is 0 Å². The molecule has 1 rings (SSSR count). The Morgan fingerprint density at radius 2 is 1.68 bits per heavy atom. The molecular formula is C14H16N4O. The Balaban J connectivity index is 2.46. The van der Waals surface area contributed by atoms with Crippen molar-refractivity contribution in [3.8, 4) is 12.1 Å². The molecule has 0 unspecified atom stereocenters. The number of carbonyl (C=O) groups excluding carboxylic acids is 1. The molecule has 0 saturated heterocycles. The van der Waals surface area contributed by atoms with Crippen molar-refractivity contribution in [2.45, 2.75) is 12.8 Å². The third-order valence-electron chi connectivity index (χ3n) is 2.50. The molecule has 5 nitrogen and oxygen atoms in total. The third-order valence-corrected chi connectivity index (χ3v) is 2.50. The third kappa shape index (κ3) is 6.21. The van der Waals surface area contributed by atoms with Crippen molar-refractivity contribution < 1.29 is 4.79 Å². The molecule has 98 valence electrons. The standard InChI is InChI=1S/C14H16N4O/c15-8-4-10-18(11-5-9-16)12-14(19)17-13-6-2-1-3-7-13/h1-3,6-7H,4-5,10-12H2,(H,17,19). The fraction of sp³-hybridized carbons (Fsp3) is 0.357. The predicted octanol–water partition coefficient (Wildman–Crippen LogP) is 1.75. The highest BCUT2D eigenvalue weighted by atomic mass is 16.2. The van der Waals surface area contributed by atoms with Crippen LogP contribution in [-0.4, -0.2) is 30.4 Å². The van der Waals surface area contributed by atoms with E-state index < -0.39 is 0 Å². The summed E-state index contributed by atoms with van der Waals surface area (Å²) in [5, 5.41) is 19.9. The summed E-state index contributed by atoms with van der Waals surface area (Å²) in [5.74, 6) is -0.137. The molecule has 0 heterocycles. The highest BCUT2D eigenvalue weighted by Crippen LogP contribution is 2.05. The van der Waals surface area contributed by atoms with E-state index in [9.17, 15) is 4.79 Å². The normalized spacial score (nSPS) is 9.63. The monoisotopic (exact) mass is 256 g/mol. The topological polar surface area (TPSA) is 79.9 Å². The second-order valence-electron chi connectivity index (χ2n) is 4.01. The first-order valence-corrected chi connectivity index (χ1v) is 6.07. The number of anilines is 1. The van der Waals surface area contributed by atoms with Gasteiger partial charge in [0, 0.05) is 31.6 Å². The summed E-state index contributed by atoms with van der Waals surface area (Å²) in [4.78, 5) is 13.6. The number of hydrogen-bond acceptors (Lipinski definition) is 4. The maximum atomic E-state index is 11.8. The molecule has 0 radical (unpaired) electrons. The minimum absolute atomic E-state index is 0.137. The zero-order chi connectivity index (χ0) is 13.9. The highest BCUT2D eigenvalue weighted by molar-refractivity contribution is 5.92. The second-order valence-corrected chi connectivity index (χ2v) is 4.01. The average molecular weight is 256 g/mol. The van der Waals surface area contributed by atoms with E-state index in [-0.39, 0.29) is 12.5 Å². The van der Waals surface area contributed by atoms with Crippen LogP contribution in [0.1, 0.15) is 12.8 Å². The summed E-state index contributed by atoms with van der Waals surface area (Å²) < 4.78 is 0. The molecule has 0 aliphatic carbocycles. The Bertz CT molecular complexity index is 454. The van der Waals surface area contributed by atoms with Crippen molar-refractivity contribution in [2.75, 3.05) is 25.0 Å². The molecule has 1 aromatic carbocycles. The molecule has 0 saturated carbocycles. The van der Waals surface area contributed by atoms with E-state index in [0.717, 1.165) is 5.69 Å². The molecule has 5 heteroatoms. The van der Waals surface area contributed by atoms with E-state index in [0.29, 0.717) is 25.9 Å². The lowest BCUT2D eigenvalue weighted by Gasteiger charge is -2.19.